The summed E-state index contributed by atoms with van der Waals surface area (Å²) < 4.78 is 27.7. The maximum atomic E-state index is 14.0. The first-order chi connectivity index (χ1) is 16.4. The first-order valence-corrected chi connectivity index (χ1v) is 11.2. The molecule has 9 heteroatoms. The summed E-state index contributed by atoms with van der Waals surface area (Å²) in [5.74, 6) is -0.186. The number of anilines is 1. The van der Waals surface area contributed by atoms with Gasteiger partial charge in [0.25, 0.3) is 0 Å². The van der Waals surface area contributed by atoms with E-state index < -0.39 is 11.9 Å². The molecule has 0 radical (unpaired) electrons. The lowest BCUT2D eigenvalue weighted by Crippen LogP contribution is -2.08. The number of nitrogens with two attached hydrogens (primary N) is 1. The highest BCUT2D eigenvalue weighted by molar-refractivity contribution is 6.36. The monoisotopic (exact) mass is 496 g/mol. The van der Waals surface area contributed by atoms with Gasteiger partial charge in [-0.3, -0.25) is 0 Å². The van der Waals surface area contributed by atoms with Crippen LogP contribution in [0.1, 0.15) is 29.7 Å². The van der Waals surface area contributed by atoms with Gasteiger partial charge in [-0.2, -0.15) is 5.10 Å². The van der Waals surface area contributed by atoms with Crippen LogP contribution in [-0.2, 0) is 6.42 Å². The van der Waals surface area contributed by atoms with Crippen LogP contribution in [0, 0.1) is 5.82 Å². The molecule has 2 N–H and O–H groups in total. The third kappa shape index (κ3) is 4.08. The molecule has 6 nitrogen and oxygen atoms in total. The van der Waals surface area contributed by atoms with E-state index in [2.05, 4.69) is 10.1 Å². The summed E-state index contributed by atoms with van der Waals surface area (Å²) in [5, 5.41) is 5.20. The number of furan rings is 1. The van der Waals surface area contributed by atoms with Gasteiger partial charge in [0, 0.05) is 46.5 Å². The molecule has 34 heavy (non-hydrogen) atoms. The summed E-state index contributed by atoms with van der Waals surface area (Å²) in [6.07, 6.45) is 6.86. The van der Waals surface area contributed by atoms with Gasteiger partial charge in [-0.25, -0.2) is 14.1 Å². The molecule has 0 spiro atoms. The van der Waals surface area contributed by atoms with Gasteiger partial charge in [0.2, 0.25) is 5.75 Å². The van der Waals surface area contributed by atoms with Crippen LogP contribution in [0.3, 0.4) is 0 Å². The largest absolute Gasteiger partial charge is 0.478 e. The summed E-state index contributed by atoms with van der Waals surface area (Å²) in [6.45, 7) is 1.70. The molecule has 3 heterocycles. The number of benzene rings is 2. The molecule has 0 aliphatic carbocycles. The minimum atomic E-state index is -0.700. The Labute approximate surface area is 204 Å². The van der Waals surface area contributed by atoms with Crippen molar-refractivity contribution in [2.75, 3.05) is 5.73 Å². The molecule has 1 atom stereocenters. The smallest absolute Gasteiger partial charge is 0.205 e. The molecule has 3 aromatic heterocycles. The van der Waals surface area contributed by atoms with Gasteiger partial charge in [0.1, 0.15) is 11.9 Å². The third-order valence-corrected chi connectivity index (χ3v) is 6.28. The van der Waals surface area contributed by atoms with E-state index in [4.69, 9.17) is 38.1 Å². The quantitative estimate of drug-likeness (QED) is 0.262. The topological polar surface area (TPSA) is 79.1 Å². The van der Waals surface area contributed by atoms with Gasteiger partial charge in [0.05, 0.1) is 17.0 Å². The van der Waals surface area contributed by atoms with Crippen molar-refractivity contribution >= 4 is 40.0 Å². The number of nitrogens with zero attached hydrogens (tertiary/aromatic N) is 3. The van der Waals surface area contributed by atoms with Crippen LogP contribution < -0.4 is 10.5 Å². The minimum Gasteiger partial charge on any atom is -0.478 e. The number of ether oxygens (including phenoxy) is 1. The lowest BCUT2D eigenvalue weighted by molar-refractivity contribution is 0.227. The maximum absolute atomic E-state index is 14.0. The van der Waals surface area contributed by atoms with Crippen molar-refractivity contribution in [3.8, 4) is 11.4 Å². The van der Waals surface area contributed by atoms with E-state index in [0.29, 0.717) is 17.6 Å². The summed E-state index contributed by atoms with van der Waals surface area (Å²) in [7, 11) is 0. The predicted molar refractivity (Wildman–Crippen MR) is 130 cm³/mol. The number of rotatable bonds is 6. The fourth-order valence-corrected chi connectivity index (χ4v) is 4.52. The normalized spacial score (nSPS) is 12.2. The summed E-state index contributed by atoms with van der Waals surface area (Å²) in [4.78, 5) is 4.28. The van der Waals surface area contributed by atoms with Crippen LogP contribution in [0.2, 0.25) is 10.0 Å². The number of nitrogen functional groups attached to an aromatic ring is 1. The summed E-state index contributed by atoms with van der Waals surface area (Å²) in [5.41, 5.74) is 9.86. The van der Waals surface area contributed by atoms with Crippen LogP contribution in [0.5, 0.6) is 5.75 Å². The summed E-state index contributed by atoms with van der Waals surface area (Å²) >= 11 is 12.4. The average molecular weight is 497 g/mol. The Bertz CT molecular complexity index is 1470. The second kappa shape index (κ2) is 9.00. The van der Waals surface area contributed by atoms with E-state index in [1.165, 1.54) is 12.1 Å². The average Bonchev–Trinajstić information content (AvgIpc) is 3.50. The number of halogens is 3. The number of aromatic nitrogens is 3. The van der Waals surface area contributed by atoms with Crippen LogP contribution >= 0.6 is 23.2 Å². The van der Waals surface area contributed by atoms with Crippen molar-refractivity contribution in [1.29, 1.82) is 0 Å². The van der Waals surface area contributed by atoms with E-state index in [1.54, 1.807) is 30.3 Å². The van der Waals surface area contributed by atoms with Gasteiger partial charge in [-0.15, -0.1) is 0 Å². The van der Waals surface area contributed by atoms with Crippen molar-refractivity contribution in [3.63, 3.8) is 0 Å². The first kappa shape index (κ1) is 22.3. The fraction of sp³-hybridized carbons (Fsp3) is 0.120. The second-order valence-corrected chi connectivity index (χ2v) is 8.57. The zero-order valence-electron chi connectivity index (χ0n) is 18.0. The van der Waals surface area contributed by atoms with E-state index in [9.17, 15) is 4.39 Å². The lowest BCUT2D eigenvalue weighted by atomic mass is 10.0. The molecule has 5 rings (SSSR count). The minimum absolute atomic E-state index is 0.0996. The van der Waals surface area contributed by atoms with Gasteiger partial charge in [-0.05, 0) is 42.8 Å². The van der Waals surface area contributed by atoms with Crippen molar-refractivity contribution in [1.82, 2.24) is 14.8 Å². The molecule has 172 valence electrons. The van der Waals surface area contributed by atoms with Crippen molar-refractivity contribution < 1.29 is 13.5 Å². The van der Waals surface area contributed by atoms with Crippen molar-refractivity contribution in [2.45, 2.75) is 19.4 Å². The second-order valence-electron chi connectivity index (χ2n) is 7.79. The van der Waals surface area contributed by atoms with Gasteiger partial charge in [0.15, 0.2) is 11.4 Å². The number of hydrogen-bond acceptors (Lipinski definition) is 5. The highest BCUT2D eigenvalue weighted by atomic mass is 35.5. The van der Waals surface area contributed by atoms with Crippen LogP contribution in [0.15, 0.2) is 71.7 Å². The highest BCUT2D eigenvalue weighted by Crippen LogP contribution is 2.40. The van der Waals surface area contributed by atoms with E-state index >= 15 is 0 Å². The fourth-order valence-electron chi connectivity index (χ4n) is 3.84. The SMILES string of the molecule is C[C@@H](Oc1c(N)ncc2c(Cc3ccc(-n4cccn4)cc3)coc12)c1c(Cl)ccc(F)c1Cl. The molecule has 0 aliphatic rings. The zero-order valence-corrected chi connectivity index (χ0v) is 19.5. The molecule has 0 bridgehead atoms. The van der Waals surface area contributed by atoms with Crippen molar-refractivity contribution in [2.24, 2.45) is 0 Å². The van der Waals surface area contributed by atoms with E-state index in [-0.39, 0.29) is 21.6 Å². The van der Waals surface area contributed by atoms with Crippen LogP contribution in [0.4, 0.5) is 10.2 Å². The van der Waals surface area contributed by atoms with Crippen LogP contribution in [0.25, 0.3) is 16.7 Å². The molecule has 5 aromatic rings. The first-order valence-electron chi connectivity index (χ1n) is 10.5. The summed E-state index contributed by atoms with van der Waals surface area (Å²) in [6, 6.07) is 12.6. The Kier molecular flexibility index (Phi) is 5.89. The van der Waals surface area contributed by atoms with Crippen LogP contribution in [-0.4, -0.2) is 14.8 Å². The van der Waals surface area contributed by atoms with Gasteiger partial charge in [-0.1, -0.05) is 35.3 Å². The maximum Gasteiger partial charge on any atom is 0.205 e. The van der Waals surface area contributed by atoms with Crippen molar-refractivity contribution in [3.05, 3.63) is 99.9 Å². The van der Waals surface area contributed by atoms with Gasteiger partial charge >= 0.3 is 0 Å². The standard InChI is InChI=1S/C25H19Cl2FN4O2/c1-14(21-19(26)7-8-20(28)22(21)27)34-24-23-18(12-30-25(24)29)16(13-33-23)11-15-3-5-17(6-4-15)32-10-2-9-31-32/h2-10,12-14H,11H2,1H3,(H2,29,30)/t14-/m1/s1. The molecule has 0 unspecified atom stereocenters. The Morgan fingerprint density at radius 2 is 1.97 bits per heavy atom. The zero-order chi connectivity index (χ0) is 23.8. The third-order valence-electron chi connectivity index (χ3n) is 5.56. The van der Waals surface area contributed by atoms with Gasteiger partial charge < -0.3 is 14.9 Å². The molecule has 0 aliphatic heterocycles. The Hall–Kier alpha value is -3.55. The lowest BCUT2D eigenvalue weighted by Gasteiger charge is -2.18. The Morgan fingerprint density at radius 3 is 2.71 bits per heavy atom. The molecule has 0 saturated heterocycles. The molecule has 0 fully saturated rings. The Balaban J connectivity index is 1.44. The molecule has 0 saturated carbocycles. The predicted octanol–water partition coefficient (Wildman–Crippen LogP) is 6.77. The number of pyridine rings is 1. The Morgan fingerprint density at radius 1 is 1.18 bits per heavy atom. The molecule has 2 aromatic carbocycles. The van der Waals surface area contributed by atoms with E-state index in [1.807, 2.05) is 36.5 Å². The molecule has 0 amide bonds. The van der Waals surface area contributed by atoms with E-state index in [0.717, 1.165) is 22.2 Å². The molecular weight excluding hydrogens is 478 g/mol. The number of hydrogen-bond donors (Lipinski definition) is 1. The molecular formula is C25H19Cl2FN4O2. The highest BCUT2D eigenvalue weighted by Gasteiger charge is 2.23. The number of fused-ring (bicyclic) bond motifs is 1.